The highest BCUT2D eigenvalue weighted by atomic mass is 16.4. The number of nitrogens with one attached hydrogen (secondary N) is 3. The Hall–Kier alpha value is -2.38. The Balaban J connectivity index is 0.000000292. The molecule has 0 atom stereocenters. The molecule has 0 fully saturated rings. The number of aliphatic carboxylic acids is 1. The van der Waals surface area contributed by atoms with E-state index in [1.165, 1.54) is 0 Å². The maximum Gasteiger partial charge on any atom is 0.330 e. The predicted octanol–water partition coefficient (Wildman–Crippen LogP) is -1.99. The fraction of sp³-hybridized carbons (Fsp3) is 0. The van der Waals surface area contributed by atoms with Gasteiger partial charge in [-0.25, -0.2) is 19.2 Å². The second-order valence-electron chi connectivity index (χ2n) is 1.90. The van der Waals surface area contributed by atoms with Crippen LogP contribution in [0.1, 0.15) is 0 Å². The third-order valence-electron chi connectivity index (χ3n) is 0.856. The van der Waals surface area contributed by atoms with Crippen molar-refractivity contribution in [3.63, 3.8) is 0 Å². The van der Waals surface area contributed by atoms with Crippen LogP contribution in [-0.2, 0) is 4.79 Å². The minimum absolute atomic E-state index is 0.802. The van der Waals surface area contributed by atoms with Crippen LogP contribution in [0.15, 0.2) is 27.0 Å². The molecule has 1 aromatic heterocycles. The average Bonchev–Trinajstić information content (AvgIpc) is 2.02. The molecule has 0 amide bonds. The van der Waals surface area contributed by atoms with Gasteiger partial charge in [0.15, 0.2) is 0 Å². The van der Waals surface area contributed by atoms with E-state index in [0.717, 1.165) is 6.08 Å². The van der Waals surface area contributed by atoms with E-state index < -0.39 is 23.0 Å². The molecule has 76 valence electrons. The number of hydrogen-bond acceptors (Lipinski definition) is 4. The summed E-state index contributed by atoms with van der Waals surface area (Å²) in [4.78, 5) is 45.2. The minimum atomic E-state index is -0.981. The molecule has 0 aliphatic rings. The summed E-state index contributed by atoms with van der Waals surface area (Å²) in [6, 6.07) is 0. The normalized spacial score (nSPS) is 8.29. The lowest BCUT2D eigenvalue weighted by Crippen LogP contribution is -2.34. The van der Waals surface area contributed by atoms with Gasteiger partial charge in [0.05, 0.1) is 0 Å². The van der Waals surface area contributed by atoms with Gasteiger partial charge in [0.2, 0.25) is 0 Å². The number of carboxylic acid groups (broad SMARTS) is 1. The Morgan fingerprint density at radius 2 is 1.29 bits per heavy atom. The molecule has 0 bridgehead atoms. The third kappa shape index (κ3) is 5.29. The Bertz CT molecular complexity index is 400. The molecule has 0 radical (unpaired) electrons. The van der Waals surface area contributed by atoms with Gasteiger partial charge in [-0.2, -0.15) is 0 Å². The molecular weight excluding hydrogens is 194 g/mol. The van der Waals surface area contributed by atoms with Gasteiger partial charge in [-0.3, -0.25) is 15.0 Å². The molecule has 0 aromatic carbocycles. The highest BCUT2D eigenvalue weighted by molar-refractivity contribution is 5.78. The molecule has 4 N–H and O–H groups in total. The van der Waals surface area contributed by atoms with E-state index in [2.05, 4.69) is 6.58 Å². The van der Waals surface area contributed by atoms with Gasteiger partial charge in [-0.05, 0) is 0 Å². The number of H-pyrrole nitrogens is 3. The zero-order valence-electron chi connectivity index (χ0n) is 6.86. The van der Waals surface area contributed by atoms with Crippen LogP contribution in [0.25, 0.3) is 0 Å². The van der Waals surface area contributed by atoms with E-state index in [-0.39, 0.29) is 0 Å². The SMILES string of the molecule is C=CC(=O)O.O=c1[nH]c(=O)[nH]c(=O)[nH]1. The lowest BCUT2D eigenvalue weighted by Gasteiger charge is -1.77. The summed E-state index contributed by atoms with van der Waals surface area (Å²) in [5, 5.41) is 7.60. The minimum Gasteiger partial charge on any atom is -0.478 e. The lowest BCUT2D eigenvalue weighted by molar-refractivity contribution is -0.131. The van der Waals surface area contributed by atoms with Gasteiger partial charge in [0.25, 0.3) is 0 Å². The van der Waals surface area contributed by atoms with E-state index in [4.69, 9.17) is 5.11 Å². The average molecular weight is 201 g/mol. The standard InChI is InChI=1S/C3H3N3O3.C3H4O2/c7-1-4-2(8)6-3(9)5-1;1-2-3(4)5/h(H3,4,5,6,7,8,9);2H,1H2,(H,4,5). The van der Waals surface area contributed by atoms with Crippen molar-refractivity contribution in [1.29, 1.82) is 0 Å². The van der Waals surface area contributed by atoms with Gasteiger partial charge in [0.1, 0.15) is 0 Å². The van der Waals surface area contributed by atoms with Crippen LogP contribution in [-0.4, -0.2) is 26.0 Å². The molecule has 1 heterocycles. The first-order valence-corrected chi connectivity index (χ1v) is 3.24. The Morgan fingerprint density at radius 3 is 1.43 bits per heavy atom. The molecule has 1 rings (SSSR count). The number of hydrogen-bond donors (Lipinski definition) is 4. The first-order valence-electron chi connectivity index (χ1n) is 3.24. The molecule has 0 unspecified atom stereocenters. The summed E-state index contributed by atoms with van der Waals surface area (Å²) >= 11 is 0. The fourth-order valence-electron chi connectivity index (χ4n) is 0.403. The Kier molecular flexibility index (Phi) is 4.40. The molecule has 8 heteroatoms. The van der Waals surface area contributed by atoms with Crippen molar-refractivity contribution < 1.29 is 9.90 Å². The molecule has 0 saturated heterocycles. The largest absolute Gasteiger partial charge is 0.478 e. The molecule has 0 aliphatic heterocycles. The second kappa shape index (κ2) is 5.30. The lowest BCUT2D eigenvalue weighted by atomic mass is 10.7. The van der Waals surface area contributed by atoms with E-state index in [9.17, 15) is 19.2 Å². The van der Waals surface area contributed by atoms with Gasteiger partial charge < -0.3 is 5.11 Å². The van der Waals surface area contributed by atoms with Crippen molar-refractivity contribution in [3.8, 4) is 0 Å². The second-order valence-corrected chi connectivity index (χ2v) is 1.90. The Labute approximate surface area is 75.9 Å². The monoisotopic (exact) mass is 201 g/mol. The summed E-state index contributed by atoms with van der Waals surface area (Å²) in [6.45, 7) is 2.96. The van der Waals surface area contributed by atoms with E-state index in [1.54, 1.807) is 15.0 Å². The molecule has 14 heavy (non-hydrogen) atoms. The number of aromatic nitrogens is 3. The summed E-state index contributed by atoms with van der Waals surface area (Å²) in [5.74, 6) is -0.981. The fourth-order valence-corrected chi connectivity index (χ4v) is 0.403. The van der Waals surface area contributed by atoms with E-state index in [1.807, 2.05) is 0 Å². The molecular formula is C6H7N3O5. The predicted molar refractivity (Wildman–Crippen MR) is 46.1 cm³/mol. The van der Waals surface area contributed by atoms with Gasteiger partial charge in [-0.15, -0.1) is 0 Å². The zero-order chi connectivity index (χ0) is 11.1. The maximum absolute atomic E-state index is 10.2. The van der Waals surface area contributed by atoms with Crippen LogP contribution in [0.4, 0.5) is 0 Å². The van der Waals surface area contributed by atoms with Crippen LogP contribution >= 0.6 is 0 Å². The van der Waals surface area contributed by atoms with Crippen molar-refractivity contribution >= 4 is 5.97 Å². The van der Waals surface area contributed by atoms with Crippen molar-refractivity contribution in [2.24, 2.45) is 0 Å². The molecule has 0 aliphatic carbocycles. The molecule has 8 nitrogen and oxygen atoms in total. The summed E-state index contributed by atoms with van der Waals surface area (Å²) in [5.41, 5.74) is -2.41. The number of carboxylic acids is 1. The highest BCUT2D eigenvalue weighted by Gasteiger charge is 1.85. The third-order valence-corrected chi connectivity index (χ3v) is 0.856. The van der Waals surface area contributed by atoms with Crippen molar-refractivity contribution in [1.82, 2.24) is 15.0 Å². The number of aromatic amines is 3. The van der Waals surface area contributed by atoms with E-state index >= 15 is 0 Å². The van der Waals surface area contributed by atoms with E-state index in [0.29, 0.717) is 0 Å². The maximum atomic E-state index is 10.2. The zero-order valence-corrected chi connectivity index (χ0v) is 6.86. The number of carbonyl (C=O) groups is 1. The van der Waals surface area contributed by atoms with Gasteiger partial charge in [-0.1, -0.05) is 6.58 Å². The molecule has 1 aromatic rings. The number of rotatable bonds is 1. The van der Waals surface area contributed by atoms with Gasteiger partial charge >= 0.3 is 23.0 Å². The van der Waals surface area contributed by atoms with Crippen LogP contribution in [0, 0.1) is 0 Å². The molecule has 0 spiro atoms. The van der Waals surface area contributed by atoms with Crippen molar-refractivity contribution in [2.45, 2.75) is 0 Å². The van der Waals surface area contributed by atoms with Crippen LogP contribution < -0.4 is 17.1 Å². The quantitative estimate of drug-likeness (QED) is 0.390. The topological polar surface area (TPSA) is 136 Å². The molecule has 0 saturated carbocycles. The van der Waals surface area contributed by atoms with Crippen LogP contribution in [0.3, 0.4) is 0 Å². The summed E-state index contributed by atoms with van der Waals surface area (Å²) in [7, 11) is 0. The van der Waals surface area contributed by atoms with Crippen molar-refractivity contribution in [2.75, 3.05) is 0 Å². The summed E-state index contributed by atoms with van der Waals surface area (Å²) < 4.78 is 0. The van der Waals surface area contributed by atoms with Gasteiger partial charge in [0, 0.05) is 6.08 Å². The highest BCUT2D eigenvalue weighted by Crippen LogP contribution is 1.54. The summed E-state index contributed by atoms with van der Waals surface area (Å²) in [6.07, 6.45) is 0.833. The first kappa shape index (κ1) is 11.6. The van der Waals surface area contributed by atoms with Crippen molar-refractivity contribution in [3.05, 3.63) is 44.1 Å². The first-order chi connectivity index (χ1) is 6.45. The smallest absolute Gasteiger partial charge is 0.330 e. The van der Waals surface area contributed by atoms with Crippen LogP contribution in [0.5, 0.6) is 0 Å². The van der Waals surface area contributed by atoms with Crippen LogP contribution in [0.2, 0.25) is 0 Å². The Morgan fingerprint density at radius 1 is 1.07 bits per heavy atom.